The highest BCUT2D eigenvalue weighted by Gasteiger charge is 2.40. The van der Waals surface area contributed by atoms with Crippen LogP contribution in [0.15, 0.2) is 35.1 Å². The molecule has 0 aliphatic carbocycles. The van der Waals surface area contributed by atoms with Crippen LogP contribution in [0.2, 0.25) is 0 Å². The number of nitrogens with one attached hydrogen (secondary N) is 2. The first-order valence-corrected chi connectivity index (χ1v) is 8.29. The molecule has 2 aliphatic rings. The molecule has 0 saturated carbocycles. The van der Waals surface area contributed by atoms with Crippen LogP contribution in [0.1, 0.15) is 29.6 Å². The van der Waals surface area contributed by atoms with Gasteiger partial charge in [0.25, 0.3) is 5.91 Å². The molecule has 1 spiro atoms. The fraction of sp³-hybridized carbons (Fsp3) is 0.444. The number of amides is 1. The van der Waals surface area contributed by atoms with Crippen LogP contribution >= 0.6 is 12.4 Å². The van der Waals surface area contributed by atoms with Gasteiger partial charge in [0.05, 0.1) is 5.56 Å². The summed E-state index contributed by atoms with van der Waals surface area (Å²) in [5.74, 6) is -0.0114. The van der Waals surface area contributed by atoms with Gasteiger partial charge in [0.15, 0.2) is 0 Å². The normalized spacial score (nSPS) is 19.4. The summed E-state index contributed by atoms with van der Waals surface area (Å²) < 4.78 is 0. The predicted octanol–water partition coefficient (Wildman–Crippen LogP) is 2.17. The number of aromatic amines is 1. The molecule has 2 saturated heterocycles. The first-order chi connectivity index (χ1) is 11.2. The van der Waals surface area contributed by atoms with Crippen molar-refractivity contribution in [1.82, 2.24) is 15.2 Å². The molecule has 0 radical (unpaired) electrons. The third-order valence-electron chi connectivity index (χ3n) is 5.37. The van der Waals surface area contributed by atoms with Crippen LogP contribution in [0.3, 0.4) is 0 Å². The molecule has 0 bridgehead atoms. The number of carbonyl (C=O) groups excluding carboxylic acids is 1. The van der Waals surface area contributed by atoms with E-state index in [0.717, 1.165) is 56.3 Å². The number of likely N-dealkylation sites (tertiary alicyclic amines) is 1. The van der Waals surface area contributed by atoms with Gasteiger partial charge in [-0.2, -0.15) is 0 Å². The second-order valence-electron chi connectivity index (χ2n) is 6.82. The van der Waals surface area contributed by atoms with E-state index in [2.05, 4.69) is 10.3 Å². The predicted molar refractivity (Wildman–Crippen MR) is 96.9 cm³/mol. The van der Waals surface area contributed by atoms with Gasteiger partial charge in [0.1, 0.15) is 0 Å². The maximum Gasteiger partial charge on any atom is 0.254 e. The highest BCUT2D eigenvalue weighted by Crippen LogP contribution is 2.39. The van der Waals surface area contributed by atoms with Gasteiger partial charge in [-0.05, 0) is 43.8 Å². The molecule has 1 aromatic heterocycles. The van der Waals surface area contributed by atoms with E-state index < -0.39 is 0 Å². The number of pyridine rings is 1. The van der Waals surface area contributed by atoms with Crippen LogP contribution < -0.4 is 10.9 Å². The van der Waals surface area contributed by atoms with Crippen molar-refractivity contribution >= 4 is 29.2 Å². The molecule has 2 fully saturated rings. The smallest absolute Gasteiger partial charge is 0.254 e. The summed E-state index contributed by atoms with van der Waals surface area (Å²) in [6.45, 7) is 3.68. The van der Waals surface area contributed by atoms with Gasteiger partial charge in [-0.15, -0.1) is 12.4 Å². The van der Waals surface area contributed by atoms with Crippen LogP contribution in [0.4, 0.5) is 0 Å². The molecular formula is C18H22ClN3O2. The lowest BCUT2D eigenvalue weighted by atomic mass is 9.78. The van der Waals surface area contributed by atoms with Gasteiger partial charge in [-0.25, -0.2) is 0 Å². The molecule has 0 atom stereocenters. The third kappa shape index (κ3) is 2.94. The van der Waals surface area contributed by atoms with Crippen LogP contribution in [0, 0.1) is 5.41 Å². The molecule has 0 unspecified atom stereocenters. The van der Waals surface area contributed by atoms with E-state index in [9.17, 15) is 9.59 Å². The Hall–Kier alpha value is -1.85. The summed E-state index contributed by atoms with van der Waals surface area (Å²) in [6, 6.07) is 8.95. The number of H-pyrrole nitrogens is 1. The average molecular weight is 348 g/mol. The zero-order valence-corrected chi connectivity index (χ0v) is 14.3. The zero-order valence-electron chi connectivity index (χ0n) is 13.5. The number of aromatic nitrogens is 1. The number of nitrogens with zero attached hydrogens (tertiary/aromatic N) is 1. The summed E-state index contributed by atoms with van der Waals surface area (Å²) in [6.07, 6.45) is 3.33. The summed E-state index contributed by atoms with van der Waals surface area (Å²) in [5.41, 5.74) is 1.30. The molecule has 2 aliphatic heterocycles. The summed E-state index contributed by atoms with van der Waals surface area (Å²) in [4.78, 5) is 29.6. The summed E-state index contributed by atoms with van der Waals surface area (Å²) in [5, 5.41) is 4.22. The molecule has 2 aromatic rings. The topological polar surface area (TPSA) is 65.2 Å². The number of hydrogen-bond donors (Lipinski definition) is 2. The minimum absolute atomic E-state index is 0. The Balaban J connectivity index is 0.00000169. The first-order valence-electron chi connectivity index (χ1n) is 8.29. The van der Waals surface area contributed by atoms with Gasteiger partial charge in [0.2, 0.25) is 5.56 Å². The first kappa shape index (κ1) is 17.0. The van der Waals surface area contributed by atoms with Crippen molar-refractivity contribution in [3.8, 4) is 0 Å². The van der Waals surface area contributed by atoms with E-state index in [4.69, 9.17) is 0 Å². The number of rotatable bonds is 1. The maximum absolute atomic E-state index is 13.0. The Morgan fingerprint density at radius 3 is 2.67 bits per heavy atom. The SMILES string of the molecule is Cl.O=C(c1cc(=O)[nH]c2ccccc12)N1CCC2(CCNCC2)C1. The fourth-order valence-electron chi connectivity index (χ4n) is 4.03. The minimum atomic E-state index is -0.220. The van der Waals surface area contributed by atoms with Crippen molar-refractivity contribution < 1.29 is 4.79 Å². The lowest BCUT2D eigenvalue weighted by molar-refractivity contribution is 0.0763. The fourth-order valence-corrected chi connectivity index (χ4v) is 4.03. The zero-order chi connectivity index (χ0) is 15.9. The van der Waals surface area contributed by atoms with Crippen molar-refractivity contribution in [1.29, 1.82) is 0 Å². The average Bonchev–Trinajstić information content (AvgIpc) is 2.97. The lowest BCUT2D eigenvalue weighted by Gasteiger charge is -2.33. The van der Waals surface area contributed by atoms with Gasteiger partial charge in [-0.3, -0.25) is 9.59 Å². The molecule has 4 rings (SSSR count). The molecule has 128 valence electrons. The van der Waals surface area contributed by atoms with Crippen molar-refractivity contribution in [2.75, 3.05) is 26.2 Å². The highest BCUT2D eigenvalue weighted by molar-refractivity contribution is 6.06. The lowest BCUT2D eigenvalue weighted by Crippen LogP contribution is -2.39. The molecule has 6 heteroatoms. The second-order valence-corrected chi connectivity index (χ2v) is 6.82. The number of para-hydroxylation sites is 1. The highest BCUT2D eigenvalue weighted by atomic mass is 35.5. The maximum atomic E-state index is 13.0. The van der Waals surface area contributed by atoms with E-state index in [0.29, 0.717) is 5.56 Å². The molecule has 2 N–H and O–H groups in total. The van der Waals surface area contributed by atoms with Crippen LogP contribution in [0.5, 0.6) is 0 Å². The minimum Gasteiger partial charge on any atom is -0.338 e. The van der Waals surface area contributed by atoms with E-state index >= 15 is 0 Å². The molecule has 5 nitrogen and oxygen atoms in total. The van der Waals surface area contributed by atoms with Gasteiger partial charge in [-0.1, -0.05) is 18.2 Å². The van der Waals surface area contributed by atoms with E-state index in [1.807, 2.05) is 29.2 Å². The number of hydrogen-bond acceptors (Lipinski definition) is 3. The quantitative estimate of drug-likeness (QED) is 0.831. The van der Waals surface area contributed by atoms with Crippen molar-refractivity contribution in [3.05, 3.63) is 46.2 Å². The van der Waals surface area contributed by atoms with Crippen LogP contribution in [-0.4, -0.2) is 42.0 Å². The van der Waals surface area contributed by atoms with Crippen LogP contribution in [-0.2, 0) is 0 Å². The Labute approximate surface area is 146 Å². The number of halogens is 1. The van der Waals surface area contributed by atoms with Crippen LogP contribution in [0.25, 0.3) is 10.9 Å². The Morgan fingerprint density at radius 2 is 1.88 bits per heavy atom. The van der Waals surface area contributed by atoms with E-state index in [1.54, 1.807) is 0 Å². The molecule has 3 heterocycles. The second kappa shape index (κ2) is 6.57. The van der Waals surface area contributed by atoms with Gasteiger partial charge in [0, 0.05) is 30.1 Å². The van der Waals surface area contributed by atoms with Crippen molar-refractivity contribution in [2.45, 2.75) is 19.3 Å². The largest absolute Gasteiger partial charge is 0.338 e. The van der Waals surface area contributed by atoms with Crippen molar-refractivity contribution in [2.24, 2.45) is 5.41 Å². The number of carbonyl (C=O) groups is 1. The molecule has 1 aromatic carbocycles. The molecule has 24 heavy (non-hydrogen) atoms. The molecular weight excluding hydrogens is 326 g/mol. The summed E-state index contributed by atoms with van der Waals surface area (Å²) >= 11 is 0. The van der Waals surface area contributed by atoms with Gasteiger partial charge < -0.3 is 15.2 Å². The Morgan fingerprint density at radius 1 is 1.12 bits per heavy atom. The number of piperidine rings is 1. The van der Waals surface area contributed by atoms with E-state index in [-0.39, 0.29) is 29.3 Å². The third-order valence-corrected chi connectivity index (χ3v) is 5.37. The van der Waals surface area contributed by atoms with E-state index in [1.165, 1.54) is 6.07 Å². The Kier molecular flexibility index (Phi) is 4.65. The van der Waals surface area contributed by atoms with Gasteiger partial charge >= 0.3 is 0 Å². The number of benzene rings is 1. The standard InChI is InChI=1S/C18H21N3O2.ClH/c22-16-11-14(13-3-1-2-4-15(13)20-16)17(23)21-10-7-18(12-21)5-8-19-9-6-18;/h1-4,11,19H,5-10,12H2,(H,20,22);1H. The summed E-state index contributed by atoms with van der Waals surface area (Å²) in [7, 11) is 0. The number of fused-ring (bicyclic) bond motifs is 1. The van der Waals surface area contributed by atoms with Crippen molar-refractivity contribution in [3.63, 3.8) is 0 Å². The Bertz CT molecular complexity index is 811. The monoisotopic (exact) mass is 347 g/mol. The molecule has 1 amide bonds.